The van der Waals surface area contributed by atoms with Gasteiger partial charge in [0.2, 0.25) is 0 Å². The number of rotatable bonds is 4. The average Bonchev–Trinajstić information content (AvgIpc) is 3.33. The summed E-state index contributed by atoms with van der Waals surface area (Å²) in [6.45, 7) is 1.99. The van der Waals surface area contributed by atoms with Crippen molar-refractivity contribution in [2.75, 3.05) is 5.32 Å². The fourth-order valence-electron chi connectivity index (χ4n) is 2.56. The van der Waals surface area contributed by atoms with E-state index in [1.165, 1.54) is 22.3 Å². The van der Waals surface area contributed by atoms with E-state index in [2.05, 4.69) is 41.8 Å². The van der Waals surface area contributed by atoms with Gasteiger partial charge in [-0.25, -0.2) is 9.67 Å². The number of carbonyl (C=O) groups is 1. The molecule has 0 fully saturated rings. The smallest absolute Gasteiger partial charge is 0.257 e. The zero-order chi connectivity index (χ0) is 18.8. The topological polar surface area (TPSA) is 85.6 Å². The second-order valence-electron chi connectivity index (χ2n) is 5.69. The van der Waals surface area contributed by atoms with Crippen molar-refractivity contribution in [1.29, 1.82) is 0 Å². The first-order chi connectivity index (χ1) is 13.1. The van der Waals surface area contributed by atoms with Gasteiger partial charge in [0.05, 0.1) is 11.4 Å². The Labute approximate surface area is 167 Å². The van der Waals surface area contributed by atoms with Gasteiger partial charge in [-0.1, -0.05) is 34.1 Å². The van der Waals surface area contributed by atoms with Crippen LogP contribution in [0.2, 0.25) is 0 Å². The maximum Gasteiger partial charge on any atom is 0.257 e. The number of aromatic nitrogens is 5. The number of halogens is 1. The molecule has 0 radical (unpaired) electrons. The maximum absolute atomic E-state index is 12.6. The van der Waals surface area contributed by atoms with Crippen molar-refractivity contribution in [2.24, 2.45) is 0 Å². The summed E-state index contributed by atoms with van der Waals surface area (Å²) in [6.07, 6.45) is 1.48. The van der Waals surface area contributed by atoms with Crippen LogP contribution in [0.4, 0.5) is 5.13 Å². The van der Waals surface area contributed by atoms with Crippen LogP contribution in [0.3, 0.4) is 0 Å². The predicted molar refractivity (Wildman–Crippen MR) is 107 cm³/mol. The highest BCUT2D eigenvalue weighted by molar-refractivity contribution is 9.10. The second-order valence-corrected chi connectivity index (χ2v) is 7.81. The summed E-state index contributed by atoms with van der Waals surface area (Å²) in [5, 5.41) is 14.5. The molecule has 7 nitrogen and oxygen atoms in total. The number of nitrogens with zero attached hydrogens (tertiary/aromatic N) is 5. The first-order valence-electron chi connectivity index (χ1n) is 7.98. The molecule has 2 aromatic heterocycles. The van der Waals surface area contributed by atoms with Crippen molar-refractivity contribution in [3.8, 4) is 16.9 Å². The van der Waals surface area contributed by atoms with Crippen LogP contribution in [0.15, 0.2) is 59.3 Å². The number of thiazole rings is 1. The van der Waals surface area contributed by atoms with E-state index in [4.69, 9.17) is 0 Å². The molecule has 4 rings (SSSR count). The van der Waals surface area contributed by atoms with Crippen LogP contribution in [-0.2, 0) is 0 Å². The lowest BCUT2D eigenvalue weighted by molar-refractivity contribution is 0.102. The molecule has 0 atom stereocenters. The second kappa shape index (κ2) is 7.37. The highest BCUT2D eigenvalue weighted by Crippen LogP contribution is 2.31. The van der Waals surface area contributed by atoms with Gasteiger partial charge in [0.25, 0.3) is 5.91 Å². The Morgan fingerprint density at radius 2 is 2.00 bits per heavy atom. The number of benzene rings is 2. The minimum Gasteiger partial charge on any atom is -0.298 e. The number of hydrogen-bond donors (Lipinski definition) is 1. The molecule has 0 aliphatic carbocycles. The summed E-state index contributed by atoms with van der Waals surface area (Å²) in [6, 6.07) is 15.0. The van der Waals surface area contributed by atoms with Crippen molar-refractivity contribution in [1.82, 2.24) is 25.2 Å². The zero-order valence-corrected chi connectivity index (χ0v) is 16.5. The number of anilines is 1. The number of carbonyl (C=O) groups excluding carboxylic acids is 1. The molecule has 2 aromatic carbocycles. The van der Waals surface area contributed by atoms with Gasteiger partial charge in [-0.3, -0.25) is 10.1 Å². The quantitative estimate of drug-likeness (QED) is 0.515. The van der Waals surface area contributed by atoms with E-state index in [0.717, 1.165) is 20.6 Å². The summed E-state index contributed by atoms with van der Waals surface area (Å²) in [5.41, 5.74) is 3.08. The Bertz CT molecular complexity index is 1090. The molecule has 0 saturated heterocycles. The molecule has 9 heteroatoms. The number of hydrogen-bond acceptors (Lipinski definition) is 6. The Morgan fingerprint density at radius 1 is 1.19 bits per heavy atom. The molecule has 1 amide bonds. The number of aryl methyl sites for hydroxylation is 1. The van der Waals surface area contributed by atoms with Gasteiger partial charge in [0.1, 0.15) is 6.33 Å². The van der Waals surface area contributed by atoms with Gasteiger partial charge < -0.3 is 0 Å². The molecule has 0 saturated carbocycles. The van der Waals surface area contributed by atoms with Gasteiger partial charge in [0.15, 0.2) is 5.13 Å². The third-order valence-electron chi connectivity index (χ3n) is 3.86. The number of nitrogens with one attached hydrogen (secondary N) is 1. The lowest BCUT2D eigenvalue weighted by atomic mass is 10.1. The van der Waals surface area contributed by atoms with Gasteiger partial charge in [-0.2, -0.15) is 0 Å². The molecule has 1 N–H and O–H groups in total. The third-order valence-corrected chi connectivity index (χ3v) is 5.27. The average molecular weight is 441 g/mol. The molecule has 4 aromatic rings. The SMILES string of the molecule is Cc1sc(NC(=O)c2cccc(-n3cnnn3)c2)nc1-c1ccc(Br)cc1. The van der Waals surface area contributed by atoms with E-state index in [1.54, 1.807) is 18.2 Å². The van der Waals surface area contributed by atoms with Gasteiger partial charge in [-0.15, -0.1) is 16.4 Å². The van der Waals surface area contributed by atoms with E-state index in [0.29, 0.717) is 16.4 Å². The van der Waals surface area contributed by atoms with Crippen molar-refractivity contribution in [2.45, 2.75) is 6.92 Å². The van der Waals surface area contributed by atoms with Gasteiger partial charge in [-0.05, 0) is 47.7 Å². The minimum absolute atomic E-state index is 0.235. The van der Waals surface area contributed by atoms with E-state index < -0.39 is 0 Å². The van der Waals surface area contributed by atoms with Crippen LogP contribution < -0.4 is 5.32 Å². The molecule has 0 aliphatic rings. The van der Waals surface area contributed by atoms with Crippen molar-refractivity contribution in [3.05, 3.63) is 69.8 Å². The highest BCUT2D eigenvalue weighted by atomic mass is 79.9. The predicted octanol–water partition coefficient (Wildman–Crippen LogP) is 4.11. The molecule has 0 spiro atoms. The fraction of sp³-hybridized carbons (Fsp3) is 0.0556. The van der Waals surface area contributed by atoms with Crippen LogP contribution in [0.25, 0.3) is 16.9 Å². The van der Waals surface area contributed by atoms with Gasteiger partial charge >= 0.3 is 0 Å². The molecule has 27 heavy (non-hydrogen) atoms. The molecule has 0 bridgehead atoms. The standard InChI is InChI=1S/C18H13BrN6OS/c1-11-16(12-5-7-14(19)8-6-12)21-18(27-11)22-17(26)13-3-2-4-15(9-13)25-10-20-23-24-25/h2-10H,1H3,(H,21,22,26). The molecule has 0 unspecified atom stereocenters. The zero-order valence-electron chi connectivity index (χ0n) is 14.1. The third kappa shape index (κ3) is 3.79. The monoisotopic (exact) mass is 440 g/mol. The van der Waals surface area contributed by atoms with Crippen LogP contribution >= 0.6 is 27.3 Å². The molecule has 0 aliphatic heterocycles. The Hall–Kier alpha value is -2.91. The van der Waals surface area contributed by atoms with Gasteiger partial charge in [0, 0.05) is 20.5 Å². The number of amides is 1. The van der Waals surface area contributed by atoms with Crippen LogP contribution in [0, 0.1) is 6.92 Å². The summed E-state index contributed by atoms with van der Waals surface area (Å²) >= 11 is 4.88. The number of tetrazole rings is 1. The van der Waals surface area contributed by atoms with E-state index in [9.17, 15) is 4.79 Å². The lowest BCUT2D eigenvalue weighted by Crippen LogP contribution is -2.12. The van der Waals surface area contributed by atoms with Crippen LogP contribution in [0.5, 0.6) is 0 Å². The summed E-state index contributed by atoms with van der Waals surface area (Å²) in [7, 11) is 0. The Kier molecular flexibility index (Phi) is 4.78. The summed E-state index contributed by atoms with van der Waals surface area (Å²) in [5.74, 6) is -0.235. The fourth-order valence-corrected chi connectivity index (χ4v) is 3.66. The van der Waals surface area contributed by atoms with Crippen molar-refractivity contribution >= 4 is 38.3 Å². The first kappa shape index (κ1) is 17.5. The molecular weight excluding hydrogens is 428 g/mol. The van der Waals surface area contributed by atoms with E-state index in [-0.39, 0.29) is 5.91 Å². The molecule has 2 heterocycles. The summed E-state index contributed by atoms with van der Waals surface area (Å²) < 4.78 is 2.51. The summed E-state index contributed by atoms with van der Waals surface area (Å²) in [4.78, 5) is 18.2. The van der Waals surface area contributed by atoms with E-state index in [1.807, 2.05) is 37.3 Å². The highest BCUT2D eigenvalue weighted by Gasteiger charge is 2.14. The Balaban J connectivity index is 1.56. The maximum atomic E-state index is 12.6. The lowest BCUT2D eigenvalue weighted by Gasteiger charge is -2.04. The van der Waals surface area contributed by atoms with Crippen molar-refractivity contribution in [3.63, 3.8) is 0 Å². The normalized spacial score (nSPS) is 10.7. The molecular formula is C18H13BrN6OS. The minimum atomic E-state index is -0.235. The molecule has 134 valence electrons. The largest absolute Gasteiger partial charge is 0.298 e. The van der Waals surface area contributed by atoms with E-state index >= 15 is 0 Å². The Morgan fingerprint density at radius 3 is 2.74 bits per heavy atom. The van der Waals surface area contributed by atoms with Crippen LogP contribution in [-0.4, -0.2) is 31.1 Å². The first-order valence-corrected chi connectivity index (χ1v) is 9.59. The van der Waals surface area contributed by atoms with Crippen LogP contribution in [0.1, 0.15) is 15.2 Å². The van der Waals surface area contributed by atoms with Crippen molar-refractivity contribution < 1.29 is 4.79 Å².